The number of benzene rings is 3. The zero-order valence-electron chi connectivity index (χ0n) is 20.9. The molecule has 0 fully saturated rings. The van der Waals surface area contributed by atoms with E-state index in [1.165, 1.54) is 5.56 Å². The van der Waals surface area contributed by atoms with Crippen LogP contribution in [0.3, 0.4) is 0 Å². The van der Waals surface area contributed by atoms with Crippen LogP contribution >= 0.6 is 0 Å². The molecule has 0 aliphatic rings. The molecule has 0 saturated carbocycles. The maximum absolute atomic E-state index is 12.7. The maximum atomic E-state index is 12.7. The minimum absolute atomic E-state index is 0.147. The molecule has 4 rings (SSSR count). The van der Waals surface area contributed by atoms with Crippen LogP contribution in [0, 0.1) is 13.8 Å². The van der Waals surface area contributed by atoms with Gasteiger partial charge in [-0.3, -0.25) is 4.79 Å². The number of rotatable bonds is 8. The van der Waals surface area contributed by atoms with Crippen molar-refractivity contribution in [2.45, 2.75) is 34.2 Å². The van der Waals surface area contributed by atoms with Crippen molar-refractivity contribution in [3.8, 4) is 22.6 Å². The van der Waals surface area contributed by atoms with E-state index in [0.717, 1.165) is 55.9 Å². The van der Waals surface area contributed by atoms with Gasteiger partial charge in [0.05, 0.1) is 20.0 Å². The van der Waals surface area contributed by atoms with E-state index in [1.807, 2.05) is 76.2 Å². The van der Waals surface area contributed by atoms with Crippen molar-refractivity contribution in [1.82, 2.24) is 5.32 Å². The number of furan rings is 1. The van der Waals surface area contributed by atoms with Crippen molar-refractivity contribution in [1.29, 1.82) is 0 Å². The second kappa shape index (κ2) is 10.5. The number of carbonyl (C=O) groups is 1. The molecule has 35 heavy (non-hydrogen) atoms. The SMILES string of the molecule is CCOc1c(/C(C)=C/C(=O)NCc2ccc(C)cc2)cc2c(-c3ccc(OC)cc3)coc2c1C. The Kier molecular flexibility index (Phi) is 7.25. The Balaban J connectivity index is 1.69. The Morgan fingerprint density at radius 1 is 1.06 bits per heavy atom. The average molecular weight is 470 g/mol. The lowest BCUT2D eigenvalue weighted by atomic mass is 9.96. The van der Waals surface area contributed by atoms with Crippen LogP contribution in [0.15, 0.2) is 71.4 Å². The molecule has 3 aromatic carbocycles. The van der Waals surface area contributed by atoms with E-state index in [0.29, 0.717) is 13.2 Å². The third kappa shape index (κ3) is 5.24. The highest BCUT2D eigenvalue weighted by atomic mass is 16.5. The van der Waals surface area contributed by atoms with E-state index in [-0.39, 0.29) is 5.91 Å². The zero-order chi connectivity index (χ0) is 24.9. The lowest BCUT2D eigenvalue weighted by Crippen LogP contribution is -2.20. The number of methoxy groups -OCH3 is 1. The Morgan fingerprint density at radius 2 is 1.77 bits per heavy atom. The van der Waals surface area contributed by atoms with Gasteiger partial charge in [-0.25, -0.2) is 0 Å². The fourth-order valence-electron chi connectivity index (χ4n) is 4.15. The summed E-state index contributed by atoms with van der Waals surface area (Å²) in [6, 6.07) is 18.1. The molecule has 5 nitrogen and oxygen atoms in total. The third-order valence-corrected chi connectivity index (χ3v) is 6.09. The predicted octanol–water partition coefficient (Wildman–Crippen LogP) is 6.84. The molecule has 4 aromatic rings. The summed E-state index contributed by atoms with van der Waals surface area (Å²) in [5.74, 6) is 1.38. The molecule has 0 unspecified atom stereocenters. The second-order valence-electron chi connectivity index (χ2n) is 8.60. The molecule has 5 heteroatoms. The predicted molar refractivity (Wildman–Crippen MR) is 141 cm³/mol. The second-order valence-corrected chi connectivity index (χ2v) is 8.60. The standard InChI is InChI=1S/C30H31NO4/c1-6-34-29-21(4)30-26(27(18-35-30)23-11-13-24(33-5)14-12-23)16-25(29)20(3)15-28(32)31-17-22-9-7-19(2)8-10-22/h7-16,18H,6,17H2,1-5H3,(H,31,32)/b20-15+. The Bertz CT molecular complexity index is 1360. The molecule has 1 heterocycles. The van der Waals surface area contributed by atoms with E-state index in [4.69, 9.17) is 13.9 Å². The lowest BCUT2D eigenvalue weighted by molar-refractivity contribution is -0.116. The first-order chi connectivity index (χ1) is 16.9. The van der Waals surface area contributed by atoms with E-state index in [1.54, 1.807) is 19.4 Å². The van der Waals surface area contributed by atoms with Crippen LogP contribution in [0.2, 0.25) is 0 Å². The van der Waals surface area contributed by atoms with Crippen molar-refractivity contribution < 1.29 is 18.7 Å². The van der Waals surface area contributed by atoms with Crippen molar-refractivity contribution in [3.05, 3.63) is 89.2 Å². The van der Waals surface area contributed by atoms with E-state index < -0.39 is 0 Å². The number of carbonyl (C=O) groups excluding carboxylic acids is 1. The lowest BCUT2D eigenvalue weighted by Gasteiger charge is -2.15. The van der Waals surface area contributed by atoms with Gasteiger partial charge in [-0.2, -0.15) is 0 Å². The van der Waals surface area contributed by atoms with Crippen molar-refractivity contribution in [2.24, 2.45) is 0 Å². The molecule has 0 atom stereocenters. The summed E-state index contributed by atoms with van der Waals surface area (Å²) in [5, 5.41) is 3.95. The van der Waals surface area contributed by atoms with E-state index >= 15 is 0 Å². The minimum Gasteiger partial charge on any atom is -0.497 e. The molecular formula is C30H31NO4. The van der Waals surface area contributed by atoms with E-state index in [2.05, 4.69) is 11.4 Å². The summed E-state index contributed by atoms with van der Waals surface area (Å²) in [7, 11) is 1.65. The smallest absolute Gasteiger partial charge is 0.244 e. The minimum atomic E-state index is -0.147. The molecule has 0 bridgehead atoms. The first-order valence-electron chi connectivity index (χ1n) is 11.7. The molecule has 1 amide bonds. The van der Waals surface area contributed by atoms with Gasteiger partial charge in [0.25, 0.3) is 0 Å². The molecule has 0 saturated heterocycles. The van der Waals surface area contributed by atoms with Crippen LogP contribution in [0.4, 0.5) is 0 Å². The number of nitrogens with one attached hydrogen (secondary N) is 1. The van der Waals surface area contributed by atoms with Crippen LogP contribution < -0.4 is 14.8 Å². The van der Waals surface area contributed by atoms with Crippen LogP contribution in [-0.2, 0) is 11.3 Å². The summed E-state index contributed by atoms with van der Waals surface area (Å²) >= 11 is 0. The highest BCUT2D eigenvalue weighted by Gasteiger charge is 2.19. The summed E-state index contributed by atoms with van der Waals surface area (Å²) < 4.78 is 17.3. The van der Waals surface area contributed by atoms with Gasteiger partial charge in [0.2, 0.25) is 5.91 Å². The van der Waals surface area contributed by atoms with Gasteiger partial charge < -0.3 is 19.2 Å². The van der Waals surface area contributed by atoms with Crippen molar-refractivity contribution >= 4 is 22.4 Å². The van der Waals surface area contributed by atoms with Gasteiger partial charge in [-0.15, -0.1) is 0 Å². The van der Waals surface area contributed by atoms with Gasteiger partial charge in [-0.05, 0) is 62.6 Å². The quantitative estimate of drug-likeness (QED) is 0.287. The molecule has 0 spiro atoms. The molecule has 0 radical (unpaired) electrons. The average Bonchev–Trinajstić information content (AvgIpc) is 3.29. The monoisotopic (exact) mass is 469 g/mol. The molecule has 0 aliphatic carbocycles. The highest BCUT2D eigenvalue weighted by molar-refractivity contribution is 6.01. The number of allylic oxidation sites excluding steroid dienone is 1. The van der Waals surface area contributed by atoms with Gasteiger partial charge >= 0.3 is 0 Å². The summed E-state index contributed by atoms with van der Waals surface area (Å²) in [5.41, 5.74) is 7.64. The van der Waals surface area contributed by atoms with Gasteiger partial charge in [-0.1, -0.05) is 42.0 Å². The highest BCUT2D eigenvalue weighted by Crippen LogP contribution is 2.41. The fraction of sp³-hybridized carbons (Fsp3) is 0.233. The Hall–Kier alpha value is -3.99. The topological polar surface area (TPSA) is 60.7 Å². The van der Waals surface area contributed by atoms with E-state index in [9.17, 15) is 4.79 Å². The van der Waals surface area contributed by atoms with Crippen molar-refractivity contribution in [3.63, 3.8) is 0 Å². The maximum Gasteiger partial charge on any atom is 0.244 e. The molecule has 0 aliphatic heterocycles. The number of amides is 1. The van der Waals surface area contributed by atoms with Crippen LogP contribution in [0.1, 0.15) is 36.1 Å². The summed E-state index contributed by atoms with van der Waals surface area (Å²) in [6.45, 7) is 8.90. The summed E-state index contributed by atoms with van der Waals surface area (Å²) in [4.78, 5) is 12.7. The molecule has 1 aromatic heterocycles. The van der Waals surface area contributed by atoms with Gasteiger partial charge in [0.1, 0.15) is 17.1 Å². The first kappa shape index (κ1) is 24.1. The third-order valence-electron chi connectivity index (χ3n) is 6.09. The molecule has 1 N–H and O–H groups in total. The van der Waals surface area contributed by atoms with Gasteiger partial charge in [0, 0.05) is 34.7 Å². The van der Waals surface area contributed by atoms with Crippen molar-refractivity contribution in [2.75, 3.05) is 13.7 Å². The molecular weight excluding hydrogens is 438 g/mol. The van der Waals surface area contributed by atoms with Gasteiger partial charge in [0.15, 0.2) is 0 Å². The normalized spacial score (nSPS) is 11.5. The summed E-state index contributed by atoms with van der Waals surface area (Å²) in [6.07, 6.45) is 3.40. The fourth-order valence-corrected chi connectivity index (χ4v) is 4.15. The Morgan fingerprint density at radius 3 is 2.43 bits per heavy atom. The van der Waals surface area contributed by atoms with Crippen LogP contribution in [-0.4, -0.2) is 19.6 Å². The molecule has 180 valence electrons. The Labute approximate surface area is 206 Å². The van der Waals surface area contributed by atoms with Crippen LogP contribution in [0.25, 0.3) is 27.7 Å². The number of aryl methyl sites for hydroxylation is 2. The first-order valence-corrected chi connectivity index (χ1v) is 11.7. The number of hydrogen-bond acceptors (Lipinski definition) is 4. The van der Waals surface area contributed by atoms with Crippen LogP contribution in [0.5, 0.6) is 11.5 Å². The number of ether oxygens (including phenoxy) is 2. The zero-order valence-corrected chi connectivity index (χ0v) is 20.9. The largest absolute Gasteiger partial charge is 0.497 e. The number of hydrogen-bond donors (Lipinski definition) is 1. The number of fused-ring (bicyclic) bond motifs is 1.